The van der Waals surface area contributed by atoms with Crippen molar-refractivity contribution in [2.24, 2.45) is 0 Å². The van der Waals surface area contributed by atoms with Crippen LogP contribution in [0.25, 0.3) is 11.4 Å². The fourth-order valence-electron chi connectivity index (χ4n) is 2.55. The lowest BCUT2D eigenvalue weighted by Gasteiger charge is -2.02. The highest BCUT2D eigenvalue weighted by atomic mass is 32.2. The standard InChI is InChI=1S/C20H21N3O2S/c1-3-4-14-5-7-15(8-6-14)18(24)13-26-20-21-19(22-23-20)16-9-11-17(25-2)12-10-16/h5-12H,3-4,13H2,1-2H3,(H,21,22,23). The van der Waals surface area contributed by atoms with Gasteiger partial charge in [-0.2, -0.15) is 0 Å². The number of benzene rings is 2. The number of rotatable bonds is 8. The van der Waals surface area contributed by atoms with Crippen molar-refractivity contribution in [3.8, 4) is 17.1 Å². The van der Waals surface area contributed by atoms with Gasteiger partial charge in [0.25, 0.3) is 0 Å². The van der Waals surface area contributed by atoms with E-state index in [1.807, 2.05) is 48.5 Å². The molecule has 5 nitrogen and oxygen atoms in total. The Morgan fingerprint density at radius 3 is 2.50 bits per heavy atom. The third kappa shape index (κ3) is 4.52. The zero-order valence-electron chi connectivity index (χ0n) is 14.9. The molecule has 134 valence electrons. The number of nitrogens with one attached hydrogen (secondary N) is 1. The van der Waals surface area contributed by atoms with E-state index in [1.54, 1.807) is 7.11 Å². The lowest BCUT2D eigenvalue weighted by atomic mass is 10.1. The molecule has 0 unspecified atom stereocenters. The molecule has 3 aromatic rings. The Kier molecular flexibility index (Phi) is 6.07. The first-order valence-electron chi connectivity index (χ1n) is 8.51. The highest BCUT2D eigenvalue weighted by Gasteiger charge is 2.11. The maximum atomic E-state index is 12.3. The number of aromatic amines is 1. The molecule has 0 aliphatic heterocycles. The number of ether oxygens (including phenoxy) is 1. The maximum absolute atomic E-state index is 12.3. The zero-order chi connectivity index (χ0) is 18.4. The second-order valence-electron chi connectivity index (χ2n) is 5.85. The van der Waals surface area contributed by atoms with E-state index in [0.29, 0.717) is 16.7 Å². The molecule has 0 spiro atoms. The van der Waals surface area contributed by atoms with Crippen LogP contribution in [0.15, 0.2) is 53.7 Å². The Morgan fingerprint density at radius 1 is 1.12 bits per heavy atom. The molecular weight excluding hydrogens is 346 g/mol. The van der Waals surface area contributed by atoms with Gasteiger partial charge in [-0.15, -0.1) is 5.10 Å². The molecule has 3 rings (SSSR count). The van der Waals surface area contributed by atoms with Crippen LogP contribution in [-0.4, -0.2) is 33.8 Å². The molecule has 0 radical (unpaired) electrons. The van der Waals surface area contributed by atoms with Crippen molar-refractivity contribution < 1.29 is 9.53 Å². The summed E-state index contributed by atoms with van der Waals surface area (Å²) >= 11 is 1.33. The number of H-pyrrole nitrogens is 1. The number of Topliss-reactive ketones (excluding diaryl/α,β-unsaturated/α-hetero) is 1. The number of aromatic nitrogens is 3. The van der Waals surface area contributed by atoms with Gasteiger partial charge >= 0.3 is 0 Å². The Balaban J connectivity index is 1.59. The van der Waals surface area contributed by atoms with Gasteiger partial charge in [0.1, 0.15) is 5.75 Å². The Morgan fingerprint density at radius 2 is 1.85 bits per heavy atom. The Bertz CT molecular complexity index is 858. The minimum atomic E-state index is 0.0776. The van der Waals surface area contributed by atoms with Gasteiger partial charge in [0, 0.05) is 11.1 Å². The van der Waals surface area contributed by atoms with E-state index in [1.165, 1.54) is 17.3 Å². The molecule has 0 fully saturated rings. The Labute approximate surface area is 157 Å². The van der Waals surface area contributed by atoms with Crippen molar-refractivity contribution in [1.29, 1.82) is 0 Å². The number of methoxy groups -OCH3 is 1. The molecule has 0 bridgehead atoms. The van der Waals surface area contributed by atoms with E-state index in [4.69, 9.17) is 4.74 Å². The van der Waals surface area contributed by atoms with Gasteiger partial charge in [0.2, 0.25) is 5.16 Å². The first kappa shape index (κ1) is 18.2. The molecule has 1 N–H and O–H groups in total. The summed E-state index contributed by atoms with van der Waals surface area (Å²) < 4.78 is 5.15. The van der Waals surface area contributed by atoms with E-state index in [0.717, 1.165) is 29.7 Å². The van der Waals surface area contributed by atoms with Gasteiger partial charge in [0.15, 0.2) is 11.6 Å². The van der Waals surface area contributed by atoms with E-state index in [2.05, 4.69) is 22.1 Å². The molecule has 26 heavy (non-hydrogen) atoms. The Hall–Kier alpha value is -2.60. The quantitative estimate of drug-likeness (QED) is 0.472. The van der Waals surface area contributed by atoms with Crippen LogP contribution in [0, 0.1) is 0 Å². The predicted molar refractivity (Wildman–Crippen MR) is 104 cm³/mol. The minimum Gasteiger partial charge on any atom is -0.497 e. The zero-order valence-corrected chi connectivity index (χ0v) is 15.7. The highest BCUT2D eigenvalue weighted by molar-refractivity contribution is 7.99. The molecule has 0 aliphatic rings. The van der Waals surface area contributed by atoms with E-state index >= 15 is 0 Å². The third-order valence-electron chi connectivity index (χ3n) is 3.98. The molecule has 0 atom stereocenters. The summed E-state index contributed by atoms with van der Waals surface area (Å²) in [5.41, 5.74) is 2.90. The summed E-state index contributed by atoms with van der Waals surface area (Å²) in [7, 11) is 1.63. The molecule has 2 aromatic carbocycles. The monoisotopic (exact) mass is 367 g/mol. The van der Waals surface area contributed by atoms with Crippen LogP contribution in [0.2, 0.25) is 0 Å². The van der Waals surface area contributed by atoms with Crippen LogP contribution >= 0.6 is 11.8 Å². The summed E-state index contributed by atoms with van der Waals surface area (Å²) in [6.07, 6.45) is 2.14. The number of carbonyl (C=O) groups is 1. The van der Waals surface area contributed by atoms with Crippen molar-refractivity contribution >= 4 is 17.5 Å². The van der Waals surface area contributed by atoms with Crippen LogP contribution in [0.4, 0.5) is 0 Å². The lowest BCUT2D eigenvalue weighted by Crippen LogP contribution is -2.02. The topological polar surface area (TPSA) is 67.9 Å². The summed E-state index contributed by atoms with van der Waals surface area (Å²) in [4.78, 5) is 16.8. The number of hydrogen-bond acceptors (Lipinski definition) is 5. The fourth-order valence-corrected chi connectivity index (χ4v) is 3.24. The predicted octanol–water partition coefficient (Wildman–Crippen LogP) is 4.41. The normalized spacial score (nSPS) is 10.7. The largest absolute Gasteiger partial charge is 0.497 e. The molecule has 0 saturated heterocycles. The lowest BCUT2D eigenvalue weighted by molar-refractivity contribution is 0.102. The van der Waals surface area contributed by atoms with Crippen molar-refractivity contribution in [2.45, 2.75) is 24.9 Å². The van der Waals surface area contributed by atoms with Crippen molar-refractivity contribution in [1.82, 2.24) is 15.2 Å². The number of ketones is 1. The number of carbonyl (C=O) groups excluding carboxylic acids is 1. The number of nitrogens with zero attached hydrogens (tertiary/aromatic N) is 2. The minimum absolute atomic E-state index is 0.0776. The van der Waals surface area contributed by atoms with E-state index < -0.39 is 0 Å². The van der Waals surface area contributed by atoms with Gasteiger partial charge in [-0.3, -0.25) is 9.89 Å². The molecule has 1 heterocycles. The van der Waals surface area contributed by atoms with Crippen molar-refractivity contribution in [3.63, 3.8) is 0 Å². The second kappa shape index (κ2) is 8.67. The molecule has 0 amide bonds. The van der Waals surface area contributed by atoms with Crippen molar-refractivity contribution in [3.05, 3.63) is 59.7 Å². The summed E-state index contributed by atoms with van der Waals surface area (Å²) in [5.74, 6) is 1.85. The highest BCUT2D eigenvalue weighted by Crippen LogP contribution is 2.22. The van der Waals surface area contributed by atoms with Crippen LogP contribution in [-0.2, 0) is 6.42 Å². The average Bonchev–Trinajstić information content (AvgIpc) is 3.16. The molecule has 1 aromatic heterocycles. The maximum Gasteiger partial charge on any atom is 0.209 e. The van der Waals surface area contributed by atoms with Gasteiger partial charge in [-0.1, -0.05) is 49.4 Å². The SMILES string of the molecule is CCCc1ccc(C(=O)CSc2n[nH]c(-c3ccc(OC)cc3)n2)cc1. The van der Waals surface area contributed by atoms with Crippen LogP contribution in [0.3, 0.4) is 0 Å². The van der Waals surface area contributed by atoms with Gasteiger partial charge in [-0.25, -0.2) is 4.98 Å². The van der Waals surface area contributed by atoms with Gasteiger partial charge in [0.05, 0.1) is 12.9 Å². The van der Waals surface area contributed by atoms with Crippen LogP contribution in [0.5, 0.6) is 5.75 Å². The number of thioether (sulfide) groups is 1. The number of aryl methyl sites for hydroxylation is 1. The molecule has 0 aliphatic carbocycles. The summed E-state index contributed by atoms with van der Waals surface area (Å²) in [6.45, 7) is 2.15. The fraction of sp³-hybridized carbons (Fsp3) is 0.250. The second-order valence-corrected chi connectivity index (χ2v) is 6.80. The first-order chi connectivity index (χ1) is 12.7. The number of hydrogen-bond donors (Lipinski definition) is 1. The molecule has 0 saturated carbocycles. The molecular formula is C20H21N3O2S. The van der Waals surface area contributed by atoms with E-state index in [9.17, 15) is 4.79 Å². The van der Waals surface area contributed by atoms with Crippen molar-refractivity contribution in [2.75, 3.05) is 12.9 Å². The van der Waals surface area contributed by atoms with Crippen LogP contribution in [0.1, 0.15) is 29.3 Å². The van der Waals surface area contributed by atoms with E-state index in [-0.39, 0.29) is 5.78 Å². The third-order valence-corrected chi connectivity index (χ3v) is 4.82. The van der Waals surface area contributed by atoms with Gasteiger partial charge in [-0.05, 0) is 36.2 Å². The average molecular weight is 367 g/mol. The molecule has 6 heteroatoms. The first-order valence-corrected chi connectivity index (χ1v) is 9.50. The summed E-state index contributed by atoms with van der Waals surface area (Å²) in [6, 6.07) is 15.4. The van der Waals surface area contributed by atoms with Crippen LogP contribution < -0.4 is 4.74 Å². The smallest absolute Gasteiger partial charge is 0.209 e. The summed E-state index contributed by atoms with van der Waals surface area (Å²) in [5, 5.41) is 7.65. The van der Waals surface area contributed by atoms with Gasteiger partial charge < -0.3 is 4.74 Å².